The summed E-state index contributed by atoms with van der Waals surface area (Å²) in [4.78, 5) is 42.0. The van der Waals surface area contributed by atoms with Gasteiger partial charge in [-0.3, -0.25) is 9.59 Å². The van der Waals surface area contributed by atoms with E-state index >= 15 is 0 Å². The summed E-state index contributed by atoms with van der Waals surface area (Å²) in [5.41, 5.74) is 1.12. The molecule has 1 aromatic heterocycles. The second-order valence-electron chi connectivity index (χ2n) is 9.06. The SMILES string of the molecule is CCOC(=O)Cn1c(=NC(=O)c2ccc(S(=O)(=O)N3CCCCC3CC)cc2)sc2cc(C(=O)OC)ccc21. The summed E-state index contributed by atoms with van der Waals surface area (Å²) >= 11 is 1.14. The van der Waals surface area contributed by atoms with Crippen LogP contribution < -0.4 is 4.80 Å². The van der Waals surface area contributed by atoms with Crippen molar-refractivity contribution < 1.29 is 32.3 Å². The van der Waals surface area contributed by atoms with Gasteiger partial charge in [-0.1, -0.05) is 24.7 Å². The van der Waals surface area contributed by atoms with Crippen LogP contribution in [0.2, 0.25) is 0 Å². The van der Waals surface area contributed by atoms with Gasteiger partial charge in [-0.2, -0.15) is 9.30 Å². The standard InChI is InChI=1S/C27H31N3O7S2/c1-4-20-8-6-7-15-30(20)39(34,35)21-12-9-18(10-13-21)25(32)28-27-29(17-24(31)37-5-2)22-14-11-19(26(33)36-3)16-23(22)38-27/h9-14,16,20H,4-8,15,17H2,1-3H3. The highest BCUT2D eigenvalue weighted by Crippen LogP contribution is 2.27. The molecule has 12 heteroatoms. The zero-order chi connectivity index (χ0) is 28.2. The summed E-state index contributed by atoms with van der Waals surface area (Å²) in [6.07, 6.45) is 3.43. The molecule has 10 nitrogen and oxygen atoms in total. The first kappa shape index (κ1) is 28.7. The van der Waals surface area contributed by atoms with Crippen LogP contribution in [0.15, 0.2) is 52.4 Å². The number of ether oxygens (including phenoxy) is 2. The molecule has 0 aliphatic carbocycles. The average molecular weight is 574 g/mol. The number of piperidine rings is 1. The third-order valence-corrected chi connectivity index (χ3v) is 9.65. The first-order chi connectivity index (χ1) is 18.7. The van der Waals surface area contributed by atoms with Gasteiger partial charge in [0.05, 0.1) is 34.4 Å². The lowest BCUT2D eigenvalue weighted by atomic mass is 10.0. The number of benzene rings is 2. The third-order valence-electron chi connectivity index (χ3n) is 6.65. The molecule has 0 saturated carbocycles. The van der Waals surface area contributed by atoms with Crippen LogP contribution in [0.1, 0.15) is 60.2 Å². The first-order valence-corrected chi connectivity index (χ1v) is 15.0. The van der Waals surface area contributed by atoms with Gasteiger partial charge in [0.15, 0.2) is 4.80 Å². The fourth-order valence-corrected chi connectivity index (χ4v) is 7.48. The summed E-state index contributed by atoms with van der Waals surface area (Å²) in [5, 5.41) is 0. The number of sulfonamides is 1. The van der Waals surface area contributed by atoms with Gasteiger partial charge < -0.3 is 14.0 Å². The normalized spacial score (nSPS) is 16.8. The van der Waals surface area contributed by atoms with Crippen molar-refractivity contribution >= 4 is 49.4 Å². The number of hydrogen-bond acceptors (Lipinski definition) is 8. The molecule has 1 amide bonds. The number of carbonyl (C=O) groups is 3. The van der Waals surface area contributed by atoms with Crippen LogP contribution in [-0.2, 0) is 30.8 Å². The second kappa shape index (κ2) is 12.2. The van der Waals surface area contributed by atoms with Crippen LogP contribution in [-0.4, -0.2) is 61.4 Å². The van der Waals surface area contributed by atoms with Gasteiger partial charge in [0.25, 0.3) is 5.91 Å². The van der Waals surface area contributed by atoms with Gasteiger partial charge in [-0.05, 0) is 68.7 Å². The second-order valence-corrected chi connectivity index (χ2v) is 12.0. The number of aromatic nitrogens is 1. The monoisotopic (exact) mass is 573 g/mol. The Labute approximate surface area is 230 Å². The van der Waals surface area contributed by atoms with Crippen molar-refractivity contribution in [1.29, 1.82) is 0 Å². The van der Waals surface area contributed by atoms with Crippen molar-refractivity contribution in [2.75, 3.05) is 20.3 Å². The molecule has 39 heavy (non-hydrogen) atoms. The quantitative estimate of drug-likeness (QED) is 0.376. The molecule has 1 saturated heterocycles. The molecular formula is C27H31N3O7S2. The Kier molecular flexibility index (Phi) is 8.98. The fourth-order valence-electron chi connectivity index (χ4n) is 4.65. The zero-order valence-electron chi connectivity index (χ0n) is 22.1. The lowest BCUT2D eigenvalue weighted by Crippen LogP contribution is -2.43. The Morgan fingerprint density at radius 3 is 2.44 bits per heavy atom. The topological polar surface area (TPSA) is 124 Å². The maximum absolute atomic E-state index is 13.3. The molecule has 0 N–H and O–H groups in total. The van der Waals surface area contributed by atoms with Gasteiger partial charge in [-0.25, -0.2) is 13.2 Å². The van der Waals surface area contributed by atoms with E-state index in [1.807, 2.05) is 6.92 Å². The van der Waals surface area contributed by atoms with Crippen molar-refractivity contribution in [1.82, 2.24) is 8.87 Å². The smallest absolute Gasteiger partial charge is 0.337 e. The van der Waals surface area contributed by atoms with Gasteiger partial charge in [-0.15, -0.1) is 0 Å². The number of nitrogens with zero attached hydrogens (tertiary/aromatic N) is 3. The van der Waals surface area contributed by atoms with Crippen LogP contribution in [0.3, 0.4) is 0 Å². The molecule has 1 atom stereocenters. The van der Waals surface area contributed by atoms with E-state index in [-0.39, 0.29) is 34.5 Å². The van der Waals surface area contributed by atoms with E-state index in [0.717, 1.165) is 37.0 Å². The molecule has 2 aromatic carbocycles. The average Bonchev–Trinajstić information content (AvgIpc) is 3.28. The van der Waals surface area contributed by atoms with E-state index in [2.05, 4.69) is 4.99 Å². The Balaban J connectivity index is 1.68. The molecule has 3 aromatic rings. The molecule has 0 radical (unpaired) electrons. The van der Waals surface area contributed by atoms with E-state index in [1.165, 1.54) is 31.4 Å². The molecule has 4 rings (SSSR count). The van der Waals surface area contributed by atoms with Crippen molar-refractivity contribution in [2.24, 2.45) is 4.99 Å². The number of hydrogen-bond donors (Lipinski definition) is 0. The number of amides is 1. The largest absolute Gasteiger partial charge is 0.465 e. The number of esters is 2. The molecule has 2 heterocycles. The summed E-state index contributed by atoms with van der Waals surface area (Å²) < 4.78 is 40.1. The maximum atomic E-state index is 13.3. The minimum absolute atomic E-state index is 0.0254. The van der Waals surface area contributed by atoms with Crippen LogP contribution in [0, 0.1) is 0 Å². The van der Waals surface area contributed by atoms with Crippen molar-refractivity contribution in [3.8, 4) is 0 Å². The highest BCUT2D eigenvalue weighted by atomic mass is 32.2. The zero-order valence-corrected chi connectivity index (χ0v) is 23.7. The lowest BCUT2D eigenvalue weighted by Gasteiger charge is -2.34. The highest BCUT2D eigenvalue weighted by Gasteiger charge is 2.32. The van der Waals surface area contributed by atoms with Crippen LogP contribution in [0.5, 0.6) is 0 Å². The van der Waals surface area contributed by atoms with Crippen molar-refractivity contribution in [3.63, 3.8) is 0 Å². The molecule has 0 bridgehead atoms. The number of thiazole rings is 1. The number of methoxy groups -OCH3 is 1. The van der Waals surface area contributed by atoms with Crippen LogP contribution in [0.4, 0.5) is 0 Å². The van der Waals surface area contributed by atoms with Crippen molar-refractivity contribution in [3.05, 3.63) is 58.4 Å². The summed E-state index contributed by atoms with van der Waals surface area (Å²) in [5.74, 6) is -1.61. The van der Waals surface area contributed by atoms with Gasteiger partial charge in [0.1, 0.15) is 6.54 Å². The van der Waals surface area contributed by atoms with Crippen LogP contribution in [0.25, 0.3) is 10.2 Å². The highest BCUT2D eigenvalue weighted by molar-refractivity contribution is 7.89. The van der Waals surface area contributed by atoms with E-state index in [4.69, 9.17) is 9.47 Å². The molecule has 1 unspecified atom stereocenters. The minimum Gasteiger partial charge on any atom is -0.465 e. The number of carbonyl (C=O) groups excluding carboxylic acids is 3. The Morgan fingerprint density at radius 1 is 1.05 bits per heavy atom. The van der Waals surface area contributed by atoms with Gasteiger partial charge in [0, 0.05) is 18.2 Å². The molecule has 1 aliphatic rings. The summed E-state index contributed by atoms with van der Waals surface area (Å²) in [6, 6.07) is 10.6. The molecule has 0 spiro atoms. The number of rotatable bonds is 8. The Morgan fingerprint density at radius 2 is 1.77 bits per heavy atom. The molecule has 208 valence electrons. The molecule has 1 fully saturated rings. The van der Waals surface area contributed by atoms with E-state index in [9.17, 15) is 22.8 Å². The van der Waals surface area contributed by atoms with E-state index in [1.54, 1.807) is 34.0 Å². The minimum atomic E-state index is -3.68. The maximum Gasteiger partial charge on any atom is 0.337 e. The predicted octanol–water partition coefficient (Wildman–Crippen LogP) is 3.75. The molecular weight excluding hydrogens is 542 g/mol. The molecule has 1 aliphatic heterocycles. The lowest BCUT2D eigenvalue weighted by molar-refractivity contribution is -0.143. The summed E-state index contributed by atoms with van der Waals surface area (Å²) in [7, 11) is -2.40. The predicted molar refractivity (Wildman–Crippen MR) is 146 cm³/mol. The number of fused-ring (bicyclic) bond motifs is 1. The van der Waals surface area contributed by atoms with E-state index < -0.39 is 27.9 Å². The summed E-state index contributed by atoms with van der Waals surface area (Å²) in [6.45, 7) is 4.19. The van der Waals surface area contributed by atoms with Crippen LogP contribution >= 0.6 is 11.3 Å². The third kappa shape index (κ3) is 6.13. The first-order valence-electron chi connectivity index (χ1n) is 12.8. The van der Waals surface area contributed by atoms with E-state index in [0.29, 0.717) is 22.3 Å². The van der Waals surface area contributed by atoms with Gasteiger partial charge in [0.2, 0.25) is 10.0 Å². The van der Waals surface area contributed by atoms with Gasteiger partial charge >= 0.3 is 11.9 Å². The Bertz CT molecular complexity index is 1560. The fraction of sp³-hybridized carbons (Fsp3) is 0.407. The van der Waals surface area contributed by atoms with Crippen molar-refractivity contribution in [2.45, 2.75) is 57.0 Å². The Hall–Kier alpha value is -3.35.